The highest BCUT2D eigenvalue weighted by atomic mass is 16.5. The number of rotatable bonds is 5. The van der Waals surface area contributed by atoms with Crippen LogP contribution >= 0.6 is 0 Å². The zero-order chi connectivity index (χ0) is 13.0. The molecular weight excluding hydrogens is 228 g/mol. The second-order valence-corrected chi connectivity index (χ2v) is 4.99. The summed E-state index contributed by atoms with van der Waals surface area (Å²) in [7, 11) is 4.03. The Kier molecular flexibility index (Phi) is 4.44. The van der Waals surface area contributed by atoms with Gasteiger partial charge >= 0.3 is 0 Å². The average Bonchev–Trinajstić information content (AvgIpc) is 2.90. The molecule has 0 saturated carbocycles. The monoisotopic (exact) mass is 250 g/mol. The van der Waals surface area contributed by atoms with Crippen molar-refractivity contribution >= 4 is 5.69 Å². The summed E-state index contributed by atoms with van der Waals surface area (Å²) in [5.41, 5.74) is 7.24. The Bertz CT molecular complexity index is 376. The Labute approximate surface area is 109 Å². The van der Waals surface area contributed by atoms with Gasteiger partial charge in [-0.15, -0.1) is 0 Å². The van der Waals surface area contributed by atoms with E-state index in [2.05, 4.69) is 11.0 Å². The van der Waals surface area contributed by atoms with Crippen molar-refractivity contribution in [2.24, 2.45) is 11.7 Å². The van der Waals surface area contributed by atoms with Crippen molar-refractivity contribution in [1.82, 2.24) is 0 Å². The van der Waals surface area contributed by atoms with Crippen molar-refractivity contribution in [3.63, 3.8) is 0 Å². The van der Waals surface area contributed by atoms with Crippen molar-refractivity contribution in [3.8, 4) is 5.75 Å². The van der Waals surface area contributed by atoms with Crippen LogP contribution in [0.15, 0.2) is 24.3 Å². The molecule has 0 amide bonds. The summed E-state index contributed by atoms with van der Waals surface area (Å²) in [6.07, 6.45) is 1.04. The van der Waals surface area contributed by atoms with Crippen molar-refractivity contribution in [2.45, 2.75) is 12.5 Å². The molecule has 1 aromatic carbocycles. The largest absolute Gasteiger partial charge is 0.492 e. The van der Waals surface area contributed by atoms with Crippen LogP contribution in [0.25, 0.3) is 0 Å². The number of anilines is 1. The minimum atomic E-state index is 0.0514. The van der Waals surface area contributed by atoms with Crippen LogP contribution in [0.2, 0.25) is 0 Å². The van der Waals surface area contributed by atoms with Crippen molar-refractivity contribution in [2.75, 3.05) is 38.8 Å². The summed E-state index contributed by atoms with van der Waals surface area (Å²) in [5.74, 6) is 1.30. The SMILES string of the molecule is CN(C)c1cccc(OCC(N)C2CCOC2)c1. The highest BCUT2D eigenvalue weighted by Crippen LogP contribution is 2.21. The van der Waals surface area contributed by atoms with Gasteiger partial charge < -0.3 is 20.1 Å². The minimum Gasteiger partial charge on any atom is -0.492 e. The van der Waals surface area contributed by atoms with E-state index in [1.165, 1.54) is 0 Å². The van der Waals surface area contributed by atoms with Crippen molar-refractivity contribution in [3.05, 3.63) is 24.3 Å². The Morgan fingerprint density at radius 3 is 3.00 bits per heavy atom. The molecule has 0 bridgehead atoms. The minimum absolute atomic E-state index is 0.0514. The first-order valence-corrected chi connectivity index (χ1v) is 6.40. The second-order valence-electron chi connectivity index (χ2n) is 4.99. The van der Waals surface area contributed by atoms with Gasteiger partial charge in [-0.2, -0.15) is 0 Å². The molecule has 0 aromatic heterocycles. The van der Waals surface area contributed by atoms with E-state index < -0.39 is 0 Å². The van der Waals surface area contributed by atoms with Crippen LogP contribution < -0.4 is 15.4 Å². The fraction of sp³-hybridized carbons (Fsp3) is 0.571. The number of ether oxygens (including phenoxy) is 2. The molecule has 0 aliphatic carbocycles. The number of nitrogens with zero attached hydrogens (tertiary/aromatic N) is 1. The third-order valence-electron chi connectivity index (χ3n) is 3.35. The summed E-state index contributed by atoms with van der Waals surface area (Å²) in [5, 5.41) is 0. The van der Waals surface area contributed by atoms with Crippen LogP contribution in [0.4, 0.5) is 5.69 Å². The molecule has 2 unspecified atom stereocenters. The van der Waals surface area contributed by atoms with Crippen LogP contribution in [0.1, 0.15) is 6.42 Å². The lowest BCUT2D eigenvalue weighted by Crippen LogP contribution is -2.36. The molecule has 1 aliphatic rings. The molecule has 1 aliphatic heterocycles. The van der Waals surface area contributed by atoms with Gasteiger partial charge in [0.25, 0.3) is 0 Å². The lowest BCUT2D eigenvalue weighted by Gasteiger charge is -2.19. The fourth-order valence-corrected chi connectivity index (χ4v) is 2.07. The standard InChI is InChI=1S/C14H22N2O2/c1-16(2)12-4-3-5-13(8-12)18-10-14(15)11-6-7-17-9-11/h3-5,8,11,14H,6-7,9-10,15H2,1-2H3. The maximum Gasteiger partial charge on any atom is 0.121 e. The lowest BCUT2D eigenvalue weighted by atomic mass is 10.0. The molecule has 2 atom stereocenters. The van der Waals surface area contributed by atoms with Gasteiger partial charge in [0.2, 0.25) is 0 Å². The first-order chi connectivity index (χ1) is 8.66. The number of hydrogen-bond donors (Lipinski definition) is 1. The summed E-state index contributed by atoms with van der Waals surface area (Å²) >= 11 is 0. The van der Waals surface area contributed by atoms with E-state index >= 15 is 0 Å². The van der Waals surface area contributed by atoms with Gasteiger partial charge in [-0.1, -0.05) is 6.07 Å². The molecule has 0 spiro atoms. The quantitative estimate of drug-likeness (QED) is 0.860. The summed E-state index contributed by atoms with van der Waals surface area (Å²) in [4.78, 5) is 2.05. The Balaban J connectivity index is 1.87. The first kappa shape index (κ1) is 13.2. The molecule has 1 fully saturated rings. The Hall–Kier alpha value is -1.26. The molecule has 0 radical (unpaired) electrons. The zero-order valence-electron chi connectivity index (χ0n) is 11.1. The van der Waals surface area contributed by atoms with E-state index in [0.717, 1.165) is 31.1 Å². The van der Waals surface area contributed by atoms with E-state index in [4.69, 9.17) is 15.2 Å². The van der Waals surface area contributed by atoms with Crippen LogP contribution in [-0.2, 0) is 4.74 Å². The summed E-state index contributed by atoms with van der Waals surface area (Å²) in [6.45, 7) is 2.14. The summed E-state index contributed by atoms with van der Waals surface area (Å²) < 4.78 is 11.1. The molecule has 1 aromatic rings. The third kappa shape index (κ3) is 3.37. The maximum absolute atomic E-state index is 6.11. The Morgan fingerprint density at radius 2 is 2.33 bits per heavy atom. The number of nitrogens with two attached hydrogens (primary N) is 1. The van der Waals surface area contributed by atoms with Crippen LogP contribution in [-0.4, -0.2) is 40.0 Å². The second kappa shape index (κ2) is 6.07. The maximum atomic E-state index is 6.11. The molecule has 2 rings (SSSR count). The first-order valence-electron chi connectivity index (χ1n) is 6.40. The van der Waals surface area contributed by atoms with Gasteiger partial charge in [-0.05, 0) is 18.6 Å². The van der Waals surface area contributed by atoms with Crippen LogP contribution in [0, 0.1) is 5.92 Å². The van der Waals surface area contributed by atoms with E-state index in [1.807, 2.05) is 32.3 Å². The zero-order valence-corrected chi connectivity index (χ0v) is 11.1. The molecule has 4 nitrogen and oxygen atoms in total. The molecule has 18 heavy (non-hydrogen) atoms. The molecule has 1 saturated heterocycles. The fourth-order valence-electron chi connectivity index (χ4n) is 2.07. The smallest absolute Gasteiger partial charge is 0.121 e. The van der Waals surface area contributed by atoms with Crippen LogP contribution in [0.5, 0.6) is 5.75 Å². The van der Waals surface area contributed by atoms with Gasteiger partial charge in [-0.25, -0.2) is 0 Å². The number of hydrogen-bond acceptors (Lipinski definition) is 4. The van der Waals surface area contributed by atoms with Crippen LogP contribution in [0.3, 0.4) is 0 Å². The van der Waals surface area contributed by atoms with E-state index in [0.29, 0.717) is 12.5 Å². The molecule has 2 N–H and O–H groups in total. The lowest BCUT2D eigenvalue weighted by molar-refractivity contribution is 0.170. The molecular formula is C14H22N2O2. The Morgan fingerprint density at radius 1 is 1.50 bits per heavy atom. The normalized spacial score (nSPS) is 20.7. The van der Waals surface area contributed by atoms with E-state index in [1.54, 1.807) is 0 Å². The topological polar surface area (TPSA) is 47.7 Å². The van der Waals surface area contributed by atoms with Gasteiger partial charge in [0.1, 0.15) is 12.4 Å². The predicted molar refractivity (Wildman–Crippen MR) is 73.2 cm³/mol. The van der Waals surface area contributed by atoms with Gasteiger partial charge in [0.15, 0.2) is 0 Å². The van der Waals surface area contributed by atoms with Crippen molar-refractivity contribution < 1.29 is 9.47 Å². The third-order valence-corrected chi connectivity index (χ3v) is 3.35. The van der Waals surface area contributed by atoms with Gasteiger partial charge in [-0.3, -0.25) is 0 Å². The molecule has 100 valence electrons. The number of benzene rings is 1. The van der Waals surface area contributed by atoms with Gasteiger partial charge in [0, 0.05) is 44.4 Å². The highest BCUT2D eigenvalue weighted by molar-refractivity contribution is 5.49. The molecule has 4 heteroatoms. The highest BCUT2D eigenvalue weighted by Gasteiger charge is 2.23. The van der Waals surface area contributed by atoms with E-state index in [-0.39, 0.29) is 6.04 Å². The van der Waals surface area contributed by atoms with Gasteiger partial charge in [0.05, 0.1) is 6.61 Å². The van der Waals surface area contributed by atoms with E-state index in [9.17, 15) is 0 Å². The summed E-state index contributed by atoms with van der Waals surface area (Å²) in [6, 6.07) is 8.09. The molecule has 1 heterocycles. The predicted octanol–water partition coefficient (Wildman–Crippen LogP) is 1.50. The van der Waals surface area contributed by atoms with Crippen molar-refractivity contribution in [1.29, 1.82) is 0 Å². The average molecular weight is 250 g/mol.